The fraction of sp³-hybridized carbons (Fsp3) is 0.667. The number of hydrogen-bond acceptors (Lipinski definition) is 3. The summed E-state index contributed by atoms with van der Waals surface area (Å²) in [5.41, 5.74) is 2.48. The number of benzene rings is 1. The van der Waals surface area contributed by atoms with Crippen molar-refractivity contribution in [3.8, 4) is 5.75 Å². The third kappa shape index (κ3) is 4.21. The van der Waals surface area contributed by atoms with Gasteiger partial charge in [-0.1, -0.05) is 25.1 Å². The van der Waals surface area contributed by atoms with Crippen LogP contribution in [0.25, 0.3) is 0 Å². The number of nitrogens with one attached hydrogen (secondary N) is 1. The van der Waals surface area contributed by atoms with Gasteiger partial charge in [0, 0.05) is 18.7 Å². The Hall–Kier alpha value is -1.06. The van der Waals surface area contributed by atoms with Crippen molar-refractivity contribution in [2.45, 2.75) is 58.1 Å². The first-order valence-corrected chi connectivity index (χ1v) is 8.10. The maximum Gasteiger partial charge on any atom is 0.127 e. The summed E-state index contributed by atoms with van der Waals surface area (Å²) in [6.07, 6.45) is 4.30. The minimum absolute atomic E-state index is 0.150. The number of ether oxygens (including phenoxy) is 2. The van der Waals surface area contributed by atoms with Crippen LogP contribution in [0.2, 0.25) is 0 Å². The van der Waals surface area contributed by atoms with Gasteiger partial charge in [-0.05, 0) is 51.6 Å². The van der Waals surface area contributed by atoms with Gasteiger partial charge in [-0.2, -0.15) is 0 Å². The monoisotopic (exact) mass is 291 g/mol. The van der Waals surface area contributed by atoms with Crippen LogP contribution in [0, 0.1) is 0 Å². The molecule has 1 heterocycles. The molecule has 0 saturated carbocycles. The van der Waals surface area contributed by atoms with E-state index in [0.717, 1.165) is 44.6 Å². The van der Waals surface area contributed by atoms with E-state index in [4.69, 9.17) is 9.47 Å². The van der Waals surface area contributed by atoms with Crippen LogP contribution in [0.4, 0.5) is 0 Å². The Morgan fingerprint density at radius 3 is 2.90 bits per heavy atom. The van der Waals surface area contributed by atoms with Crippen LogP contribution in [0.5, 0.6) is 5.75 Å². The predicted molar refractivity (Wildman–Crippen MR) is 87.0 cm³/mol. The second kappa shape index (κ2) is 7.28. The predicted octanol–water partition coefficient (Wildman–Crippen LogP) is 3.87. The average Bonchev–Trinajstić information content (AvgIpc) is 2.51. The van der Waals surface area contributed by atoms with E-state index >= 15 is 0 Å². The zero-order valence-corrected chi connectivity index (χ0v) is 13.9. The lowest BCUT2D eigenvalue weighted by Crippen LogP contribution is -2.33. The summed E-state index contributed by atoms with van der Waals surface area (Å²) in [5, 5.41) is 3.67. The maximum absolute atomic E-state index is 5.98. The second-order valence-electron chi connectivity index (χ2n) is 6.46. The zero-order valence-electron chi connectivity index (χ0n) is 13.9. The summed E-state index contributed by atoms with van der Waals surface area (Å²) in [7, 11) is 1.79. The molecule has 1 atom stereocenters. The smallest absolute Gasteiger partial charge is 0.127 e. The SMILES string of the molecule is CCCNC(CC(C)(C)OC)c1cccc2c1OCCC2. The fourth-order valence-corrected chi connectivity index (χ4v) is 2.87. The first-order chi connectivity index (χ1) is 10.1. The normalized spacial score (nSPS) is 16.2. The second-order valence-corrected chi connectivity index (χ2v) is 6.46. The number of fused-ring (bicyclic) bond motifs is 1. The lowest BCUT2D eigenvalue weighted by molar-refractivity contribution is 0.00660. The Kier molecular flexibility index (Phi) is 5.65. The van der Waals surface area contributed by atoms with E-state index in [9.17, 15) is 0 Å². The number of para-hydroxylation sites is 1. The van der Waals surface area contributed by atoms with Gasteiger partial charge in [-0.15, -0.1) is 0 Å². The molecule has 0 aliphatic carbocycles. The van der Waals surface area contributed by atoms with Crippen LogP contribution < -0.4 is 10.1 Å². The summed E-state index contributed by atoms with van der Waals surface area (Å²) in [6.45, 7) is 8.32. The van der Waals surface area contributed by atoms with Gasteiger partial charge in [0.1, 0.15) is 5.75 Å². The molecule has 0 saturated heterocycles. The molecule has 1 aliphatic heterocycles. The van der Waals surface area contributed by atoms with Crippen molar-refractivity contribution >= 4 is 0 Å². The van der Waals surface area contributed by atoms with Crippen molar-refractivity contribution in [2.24, 2.45) is 0 Å². The van der Waals surface area contributed by atoms with Crippen molar-refractivity contribution < 1.29 is 9.47 Å². The lowest BCUT2D eigenvalue weighted by Gasteiger charge is -2.31. The van der Waals surface area contributed by atoms with E-state index in [0.29, 0.717) is 0 Å². The van der Waals surface area contributed by atoms with Crippen molar-refractivity contribution in [1.29, 1.82) is 0 Å². The Balaban J connectivity index is 2.27. The summed E-state index contributed by atoms with van der Waals surface area (Å²) in [5.74, 6) is 1.10. The molecular weight excluding hydrogens is 262 g/mol. The summed E-state index contributed by atoms with van der Waals surface area (Å²) < 4.78 is 11.6. The highest BCUT2D eigenvalue weighted by Crippen LogP contribution is 2.36. The highest BCUT2D eigenvalue weighted by atomic mass is 16.5. The minimum atomic E-state index is -0.150. The molecule has 0 bridgehead atoms. The summed E-state index contributed by atoms with van der Waals surface area (Å²) in [4.78, 5) is 0. The number of rotatable bonds is 7. The zero-order chi connectivity index (χ0) is 15.3. The van der Waals surface area contributed by atoms with Gasteiger partial charge in [0.2, 0.25) is 0 Å². The molecule has 0 fully saturated rings. The first kappa shape index (κ1) is 16.3. The highest BCUT2D eigenvalue weighted by Gasteiger charge is 2.27. The molecule has 1 aromatic carbocycles. The van der Waals surface area contributed by atoms with Crippen molar-refractivity contribution in [3.63, 3.8) is 0 Å². The Bertz CT molecular complexity index is 457. The topological polar surface area (TPSA) is 30.5 Å². The maximum atomic E-state index is 5.98. The first-order valence-electron chi connectivity index (χ1n) is 8.10. The van der Waals surface area contributed by atoms with E-state index < -0.39 is 0 Å². The van der Waals surface area contributed by atoms with Crippen molar-refractivity contribution in [1.82, 2.24) is 5.32 Å². The lowest BCUT2D eigenvalue weighted by atomic mass is 9.90. The molecule has 0 aromatic heterocycles. The van der Waals surface area contributed by atoms with Crippen molar-refractivity contribution in [2.75, 3.05) is 20.3 Å². The van der Waals surface area contributed by atoms with Gasteiger partial charge in [0.25, 0.3) is 0 Å². The molecule has 1 unspecified atom stereocenters. The third-order valence-electron chi connectivity index (χ3n) is 4.23. The molecule has 3 nitrogen and oxygen atoms in total. The van der Waals surface area contributed by atoms with Crippen LogP contribution in [-0.2, 0) is 11.2 Å². The minimum Gasteiger partial charge on any atom is -0.493 e. The summed E-state index contributed by atoms with van der Waals surface area (Å²) in [6, 6.07) is 6.82. The third-order valence-corrected chi connectivity index (χ3v) is 4.23. The van der Waals surface area contributed by atoms with Crippen LogP contribution in [0.15, 0.2) is 18.2 Å². The fourth-order valence-electron chi connectivity index (χ4n) is 2.87. The molecule has 1 N–H and O–H groups in total. The van der Waals surface area contributed by atoms with Gasteiger partial charge in [0.05, 0.1) is 12.2 Å². The van der Waals surface area contributed by atoms with Crippen LogP contribution >= 0.6 is 0 Å². The van der Waals surface area contributed by atoms with E-state index in [1.807, 2.05) is 0 Å². The number of aryl methyl sites for hydroxylation is 1. The van der Waals surface area contributed by atoms with Gasteiger partial charge in [0.15, 0.2) is 0 Å². The standard InChI is InChI=1S/C18H29NO2/c1-5-11-19-16(13-18(2,3)20-4)15-10-6-8-14-9-7-12-21-17(14)15/h6,8,10,16,19H,5,7,9,11-13H2,1-4H3. The molecule has 1 aromatic rings. The van der Waals surface area contributed by atoms with Crippen LogP contribution in [0.3, 0.4) is 0 Å². The number of methoxy groups -OCH3 is 1. The molecule has 2 rings (SSSR count). The van der Waals surface area contributed by atoms with E-state index in [1.54, 1.807) is 7.11 Å². The summed E-state index contributed by atoms with van der Waals surface area (Å²) >= 11 is 0. The van der Waals surface area contributed by atoms with E-state index in [1.165, 1.54) is 11.1 Å². The van der Waals surface area contributed by atoms with Crippen LogP contribution in [0.1, 0.15) is 57.2 Å². The van der Waals surface area contributed by atoms with E-state index in [-0.39, 0.29) is 11.6 Å². The quantitative estimate of drug-likeness (QED) is 0.827. The average molecular weight is 291 g/mol. The van der Waals surface area contributed by atoms with Gasteiger partial charge < -0.3 is 14.8 Å². The Labute approximate surface area is 129 Å². The molecule has 0 radical (unpaired) electrons. The van der Waals surface area contributed by atoms with Gasteiger partial charge in [-0.25, -0.2) is 0 Å². The molecule has 21 heavy (non-hydrogen) atoms. The van der Waals surface area contributed by atoms with E-state index in [2.05, 4.69) is 44.3 Å². The van der Waals surface area contributed by atoms with Crippen LogP contribution in [-0.4, -0.2) is 25.9 Å². The van der Waals surface area contributed by atoms with Gasteiger partial charge in [-0.3, -0.25) is 0 Å². The molecule has 118 valence electrons. The molecule has 0 spiro atoms. The number of hydrogen-bond donors (Lipinski definition) is 1. The van der Waals surface area contributed by atoms with Gasteiger partial charge >= 0.3 is 0 Å². The molecule has 1 aliphatic rings. The largest absolute Gasteiger partial charge is 0.493 e. The Morgan fingerprint density at radius 2 is 2.19 bits per heavy atom. The highest BCUT2D eigenvalue weighted by molar-refractivity contribution is 5.44. The molecule has 0 amide bonds. The van der Waals surface area contributed by atoms with Crippen molar-refractivity contribution in [3.05, 3.63) is 29.3 Å². The molecule has 3 heteroatoms. The Morgan fingerprint density at radius 1 is 1.38 bits per heavy atom. The molecular formula is C18H29NO2.